The molecule has 0 radical (unpaired) electrons. The first-order chi connectivity index (χ1) is 11.2. The summed E-state index contributed by atoms with van der Waals surface area (Å²) in [5.41, 5.74) is 9.54. The zero-order chi connectivity index (χ0) is 15.8. The number of nitrogens with zero attached hydrogens (tertiary/aromatic N) is 5. The first-order valence-electron chi connectivity index (χ1n) is 7.93. The predicted octanol–water partition coefficient (Wildman–Crippen LogP) is 2.01. The minimum atomic E-state index is 0.535. The summed E-state index contributed by atoms with van der Waals surface area (Å²) >= 11 is 0. The fraction of sp³-hybridized carbons (Fsp3) is 0.353. The Hall–Kier alpha value is -2.47. The van der Waals surface area contributed by atoms with Gasteiger partial charge in [-0.15, -0.1) is 0 Å². The van der Waals surface area contributed by atoms with E-state index in [0.717, 1.165) is 17.2 Å². The highest BCUT2D eigenvalue weighted by Crippen LogP contribution is 2.42. The van der Waals surface area contributed by atoms with Crippen LogP contribution in [-0.4, -0.2) is 28.6 Å². The molecule has 2 N–H and O–H groups in total. The lowest BCUT2D eigenvalue weighted by Crippen LogP contribution is -2.27. The van der Waals surface area contributed by atoms with Crippen LogP contribution in [0.25, 0.3) is 0 Å². The minimum Gasteiger partial charge on any atom is -0.326 e. The van der Waals surface area contributed by atoms with Crippen LogP contribution in [-0.2, 0) is 13.6 Å². The van der Waals surface area contributed by atoms with Gasteiger partial charge in [0.25, 0.3) is 0 Å². The van der Waals surface area contributed by atoms with Crippen molar-refractivity contribution in [2.45, 2.75) is 25.3 Å². The van der Waals surface area contributed by atoms with Gasteiger partial charge in [-0.05, 0) is 36.0 Å². The van der Waals surface area contributed by atoms with E-state index >= 15 is 0 Å². The van der Waals surface area contributed by atoms with Crippen LogP contribution in [0.1, 0.15) is 35.4 Å². The highest BCUT2D eigenvalue weighted by Gasteiger charge is 2.26. The van der Waals surface area contributed by atoms with Gasteiger partial charge in [-0.1, -0.05) is 12.1 Å². The van der Waals surface area contributed by atoms with Crippen LogP contribution in [0, 0.1) is 0 Å². The third-order valence-corrected chi connectivity index (χ3v) is 4.33. The molecule has 0 amide bonds. The zero-order valence-electron chi connectivity index (χ0n) is 13.2. The lowest BCUT2D eigenvalue weighted by Gasteiger charge is -2.19. The fourth-order valence-corrected chi connectivity index (χ4v) is 2.89. The molecule has 118 valence electrons. The molecule has 1 fully saturated rings. The van der Waals surface area contributed by atoms with E-state index in [1.165, 1.54) is 24.0 Å². The molecule has 0 unspecified atom stereocenters. The fourth-order valence-electron chi connectivity index (χ4n) is 2.89. The van der Waals surface area contributed by atoms with Crippen molar-refractivity contribution >= 4 is 18.0 Å². The van der Waals surface area contributed by atoms with Gasteiger partial charge in [0.1, 0.15) is 13.0 Å². The highest BCUT2D eigenvalue weighted by atomic mass is 15.4. The van der Waals surface area contributed by atoms with Crippen LogP contribution in [0.5, 0.6) is 0 Å². The number of amidine groups is 1. The summed E-state index contributed by atoms with van der Waals surface area (Å²) in [6.45, 7) is 1.13. The maximum absolute atomic E-state index is 5.85. The second-order valence-electron chi connectivity index (χ2n) is 6.08. The van der Waals surface area contributed by atoms with Crippen molar-refractivity contribution in [3.63, 3.8) is 0 Å². The topological polar surface area (TPSA) is 71.8 Å². The molecule has 0 bridgehead atoms. The number of rotatable bonds is 4. The predicted molar refractivity (Wildman–Crippen MR) is 91.9 cm³/mol. The summed E-state index contributed by atoms with van der Waals surface area (Å²) in [6, 6.07) is 8.35. The van der Waals surface area contributed by atoms with Gasteiger partial charge in [-0.3, -0.25) is 9.58 Å². The normalized spacial score (nSPS) is 17.5. The Labute approximate surface area is 135 Å². The molecular formula is C17H20N6. The molecule has 1 aliphatic heterocycles. The van der Waals surface area contributed by atoms with Crippen LogP contribution < -0.4 is 10.6 Å². The van der Waals surface area contributed by atoms with E-state index in [4.69, 9.17) is 5.73 Å². The Morgan fingerprint density at radius 1 is 1.26 bits per heavy atom. The van der Waals surface area contributed by atoms with E-state index in [-0.39, 0.29) is 0 Å². The average molecular weight is 308 g/mol. The smallest absolute Gasteiger partial charge is 0.158 e. The number of hydrogen-bond donors (Lipinski definition) is 1. The third-order valence-electron chi connectivity index (χ3n) is 4.33. The van der Waals surface area contributed by atoms with Gasteiger partial charge in [0, 0.05) is 31.4 Å². The van der Waals surface area contributed by atoms with Gasteiger partial charge >= 0.3 is 0 Å². The number of aromatic nitrogens is 2. The van der Waals surface area contributed by atoms with Crippen molar-refractivity contribution in [1.29, 1.82) is 0 Å². The summed E-state index contributed by atoms with van der Waals surface area (Å²) in [6.07, 6.45) is 6.24. The highest BCUT2D eigenvalue weighted by molar-refractivity contribution is 6.06. The van der Waals surface area contributed by atoms with Crippen molar-refractivity contribution < 1.29 is 0 Å². The number of anilines is 1. The van der Waals surface area contributed by atoms with E-state index in [1.807, 2.05) is 24.2 Å². The van der Waals surface area contributed by atoms with Gasteiger partial charge in [0.05, 0.1) is 0 Å². The van der Waals surface area contributed by atoms with Crippen molar-refractivity contribution in [3.8, 4) is 0 Å². The molecule has 6 nitrogen and oxygen atoms in total. The Kier molecular flexibility index (Phi) is 3.46. The van der Waals surface area contributed by atoms with Crippen molar-refractivity contribution in [2.24, 2.45) is 22.8 Å². The lowest BCUT2D eigenvalue weighted by atomic mass is 9.99. The van der Waals surface area contributed by atoms with E-state index < -0.39 is 0 Å². The lowest BCUT2D eigenvalue weighted by molar-refractivity contribution is 0.761. The summed E-state index contributed by atoms with van der Waals surface area (Å²) in [7, 11) is 1.90. The molecule has 1 saturated carbocycles. The van der Waals surface area contributed by atoms with Gasteiger partial charge < -0.3 is 5.73 Å². The third kappa shape index (κ3) is 2.77. The molecule has 2 heterocycles. The maximum Gasteiger partial charge on any atom is 0.158 e. The van der Waals surface area contributed by atoms with Crippen LogP contribution in [0.3, 0.4) is 0 Å². The van der Waals surface area contributed by atoms with Gasteiger partial charge in [0.15, 0.2) is 11.7 Å². The number of aryl methyl sites for hydroxylation is 1. The van der Waals surface area contributed by atoms with Crippen molar-refractivity contribution in [2.75, 3.05) is 11.6 Å². The molecule has 23 heavy (non-hydrogen) atoms. The van der Waals surface area contributed by atoms with Crippen LogP contribution in [0.4, 0.5) is 5.82 Å². The molecular weight excluding hydrogens is 288 g/mol. The average Bonchev–Trinajstić information content (AvgIpc) is 3.35. The summed E-state index contributed by atoms with van der Waals surface area (Å²) in [5, 5.41) is 4.37. The molecule has 0 spiro atoms. The maximum atomic E-state index is 5.85. The molecule has 0 saturated heterocycles. The first kappa shape index (κ1) is 14.1. The van der Waals surface area contributed by atoms with E-state index in [2.05, 4.69) is 33.3 Å². The molecule has 1 aliphatic carbocycles. The molecule has 1 aromatic carbocycles. The largest absolute Gasteiger partial charge is 0.326 e. The summed E-state index contributed by atoms with van der Waals surface area (Å²) < 4.78 is 1.77. The zero-order valence-corrected chi connectivity index (χ0v) is 13.2. The number of aliphatic imine (C=N–C) groups is 2. The minimum absolute atomic E-state index is 0.535. The van der Waals surface area contributed by atoms with E-state index in [9.17, 15) is 0 Å². The second kappa shape index (κ2) is 5.62. The second-order valence-corrected chi connectivity index (χ2v) is 6.08. The number of benzene rings is 1. The Morgan fingerprint density at radius 2 is 2.13 bits per heavy atom. The molecule has 6 heteroatoms. The summed E-state index contributed by atoms with van der Waals surface area (Å²) in [5.74, 6) is 2.31. The molecule has 1 aromatic heterocycles. The molecule has 2 aromatic rings. The monoisotopic (exact) mass is 308 g/mol. The van der Waals surface area contributed by atoms with Crippen molar-refractivity contribution in [3.05, 3.63) is 47.2 Å². The molecule has 0 atom stereocenters. The quantitative estimate of drug-likeness (QED) is 0.939. The Bertz CT molecular complexity index is 784. The van der Waals surface area contributed by atoms with Crippen LogP contribution in [0.2, 0.25) is 0 Å². The Morgan fingerprint density at radius 3 is 2.74 bits per heavy atom. The van der Waals surface area contributed by atoms with E-state index in [1.54, 1.807) is 11.0 Å². The number of hydrogen-bond acceptors (Lipinski definition) is 5. The van der Waals surface area contributed by atoms with Crippen LogP contribution >= 0.6 is 0 Å². The summed E-state index contributed by atoms with van der Waals surface area (Å²) in [4.78, 5) is 11.1. The standard InChI is InChI=1S/C17H20N6/c1-22-7-6-16(21-22)23-10-19-17(20-11-23)13-4-5-14(9-18)15(8-13)12-2-3-12/h4-8,10,12H,2-3,9,11,18H2,1H3. The van der Waals surface area contributed by atoms with E-state index in [0.29, 0.717) is 19.1 Å². The SMILES string of the molecule is Cn1ccc(N2C=NC(c3ccc(CN)c(C4CC4)c3)=NC2)n1. The van der Waals surface area contributed by atoms with Crippen LogP contribution in [0.15, 0.2) is 40.4 Å². The molecule has 2 aliphatic rings. The van der Waals surface area contributed by atoms with Gasteiger partial charge in [0.2, 0.25) is 0 Å². The van der Waals surface area contributed by atoms with Gasteiger partial charge in [-0.2, -0.15) is 5.10 Å². The van der Waals surface area contributed by atoms with Gasteiger partial charge in [-0.25, -0.2) is 9.98 Å². The Balaban J connectivity index is 1.56. The van der Waals surface area contributed by atoms with Crippen molar-refractivity contribution in [1.82, 2.24) is 9.78 Å². The molecule has 4 rings (SSSR count). The number of nitrogens with two attached hydrogens (primary N) is 1. The first-order valence-corrected chi connectivity index (χ1v) is 7.93.